The van der Waals surface area contributed by atoms with E-state index in [9.17, 15) is 13.5 Å². The Balaban J connectivity index is 2.27. The Labute approximate surface area is 98.6 Å². The number of hydrogen-bond acceptors (Lipinski definition) is 3. The molecule has 1 saturated heterocycles. The molecular weight excluding hydrogens is 226 g/mol. The number of hydrogen-bond donors (Lipinski definition) is 0. The molecule has 1 unspecified atom stereocenters. The smallest absolute Gasteiger partial charge is 0.148 e. The van der Waals surface area contributed by atoms with Crippen molar-refractivity contribution in [3.05, 3.63) is 0 Å². The molecule has 0 aromatic rings. The van der Waals surface area contributed by atoms with Crippen molar-refractivity contribution >= 4 is 9.84 Å². The molecule has 4 nitrogen and oxygen atoms in total. The first-order valence-corrected chi connectivity index (χ1v) is 8.05. The van der Waals surface area contributed by atoms with Crippen molar-refractivity contribution in [1.29, 1.82) is 0 Å². The standard InChI is InChI=1S/C11H22NO3S/c1-16(14,15)9-7-12-6-2-4-11(10-12)5-3-8-13/h11H,2-10H2,1H3. The van der Waals surface area contributed by atoms with Crippen LogP contribution in [0.5, 0.6) is 0 Å². The van der Waals surface area contributed by atoms with Gasteiger partial charge in [-0.3, -0.25) is 0 Å². The van der Waals surface area contributed by atoms with Gasteiger partial charge in [-0.25, -0.2) is 13.5 Å². The maximum Gasteiger partial charge on any atom is 0.148 e. The summed E-state index contributed by atoms with van der Waals surface area (Å²) in [5.41, 5.74) is 0. The molecule has 1 fully saturated rings. The lowest BCUT2D eigenvalue weighted by molar-refractivity contribution is 0.148. The Morgan fingerprint density at radius 1 is 1.38 bits per heavy atom. The third-order valence-corrected chi connectivity index (χ3v) is 4.06. The SMILES string of the molecule is CS(=O)(=O)CCN1CCCC(CCC[O])C1. The van der Waals surface area contributed by atoms with Gasteiger partial charge < -0.3 is 4.90 Å². The number of sulfone groups is 1. The van der Waals surface area contributed by atoms with Gasteiger partial charge in [0, 0.05) is 19.3 Å². The second-order valence-electron chi connectivity index (χ2n) is 4.79. The van der Waals surface area contributed by atoms with E-state index in [-0.39, 0.29) is 12.4 Å². The Kier molecular flexibility index (Phi) is 5.72. The minimum atomic E-state index is -2.85. The summed E-state index contributed by atoms with van der Waals surface area (Å²) in [4.78, 5) is 2.22. The average Bonchev–Trinajstić information content (AvgIpc) is 2.23. The van der Waals surface area contributed by atoms with Crippen LogP contribution in [0.4, 0.5) is 0 Å². The van der Waals surface area contributed by atoms with Crippen molar-refractivity contribution in [2.45, 2.75) is 25.7 Å². The van der Waals surface area contributed by atoms with Crippen molar-refractivity contribution in [2.75, 3.05) is 38.2 Å². The molecule has 1 heterocycles. The summed E-state index contributed by atoms with van der Waals surface area (Å²) < 4.78 is 22.1. The Bertz CT molecular complexity index is 290. The third-order valence-electron chi connectivity index (χ3n) is 3.14. The highest BCUT2D eigenvalue weighted by atomic mass is 32.2. The van der Waals surface area contributed by atoms with Crippen LogP contribution in [-0.2, 0) is 14.9 Å². The van der Waals surface area contributed by atoms with E-state index < -0.39 is 9.84 Å². The maximum absolute atomic E-state index is 11.1. The molecule has 1 aliphatic rings. The lowest BCUT2D eigenvalue weighted by Gasteiger charge is -2.32. The van der Waals surface area contributed by atoms with Gasteiger partial charge in [-0.2, -0.15) is 0 Å². The average molecular weight is 248 g/mol. The molecule has 1 radical (unpaired) electrons. The third kappa shape index (κ3) is 5.82. The van der Waals surface area contributed by atoms with Crippen LogP contribution in [-0.4, -0.2) is 51.6 Å². The van der Waals surface area contributed by atoms with Gasteiger partial charge in [-0.1, -0.05) is 0 Å². The van der Waals surface area contributed by atoms with Gasteiger partial charge in [0.25, 0.3) is 0 Å². The van der Waals surface area contributed by atoms with Crippen molar-refractivity contribution in [3.8, 4) is 0 Å². The van der Waals surface area contributed by atoms with E-state index in [1.807, 2.05) is 0 Å². The monoisotopic (exact) mass is 248 g/mol. The Hall–Kier alpha value is -0.130. The van der Waals surface area contributed by atoms with Crippen LogP contribution in [0.25, 0.3) is 0 Å². The van der Waals surface area contributed by atoms with E-state index in [0.29, 0.717) is 12.5 Å². The zero-order chi connectivity index (χ0) is 12.0. The Morgan fingerprint density at radius 3 is 2.75 bits per heavy atom. The molecule has 0 aromatic heterocycles. The van der Waals surface area contributed by atoms with Gasteiger partial charge in [0.05, 0.1) is 12.4 Å². The van der Waals surface area contributed by atoms with Crippen LogP contribution in [0.2, 0.25) is 0 Å². The fraction of sp³-hybridized carbons (Fsp3) is 1.00. The summed E-state index contributed by atoms with van der Waals surface area (Å²) in [6.45, 7) is 2.63. The molecular formula is C11H22NO3S. The van der Waals surface area contributed by atoms with Crippen LogP contribution in [0.1, 0.15) is 25.7 Å². The fourth-order valence-electron chi connectivity index (χ4n) is 2.26. The second-order valence-corrected chi connectivity index (χ2v) is 7.04. The first-order chi connectivity index (χ1) is 7.51. The zero-order valence-electron chi connectivity index (χ0n) is 10.0. The van der Waals surface area contributed by atoms with Gasteiger partial charge in [-0.15, -0.1) is 0 Å². The number of rotatable bonds is 6. The van der Waals surface area contributed by atoms with Gasteiger partial charge in [0.1, 0.15) is 9.84 Å². The van der Waals surface area contributed by atoms with Crippen molar-refractivity contribution in [1.82, 2.24) is 4.90 Å². The quantitative estimate of drug-likeness (QED) is 0.703. The first-order valence-electron chi connectivity index (χ1n) is 5.99. The predicted octanol–water partition coefficient (Wildman–Crippen LogP) is 0.954. The number of piperidine rings is 1. The summed E-state index contributed by atoms with van der Waals surface area (Å²) in [5, 5.41) is 10.4. The molecule has 16 heavy (non-hydrogen) atoms. The fourth-order valence-corrected chi connectivity index (χ4v) is 2.85. The first kappa shape index (κ1) is 13.9. The lowest BCUT2D eigenvalue weighted by atomic mass is 9.93. The van der Waals surface area contributed by atoms with Crippen LogP contribution in [0.15, 0.2) is 0 Å². The minimum Gasteiger partial charge on any atom is -0.302 e. The van der Waals surface area contributed by atoms with Gasteiger partial charge in [0.15, 0.2) is 0 Å². The molecule has 5 heteroatoms. The molecule has 0 aromatic carbocycles. The number of likely N-dealkylation sites (tertiary alicyclic amines) is 1. The van der Waals surface area contributed by atoms with Gasteiger partial charge >= 0.3 is 0 Å². The van der Waals surface area contributed by atoms with Crippen LogP contribution in [0.3, 0.4) is 0 Å². The van der Waals surface area contributed by atoms with E-state index in [1.165, 1.54) is 12.7 Å². The van der Waals surface area contributed by atoms with E-state index >= 15 is 0 Å². The summed E-state index contributed by atoms with van der Waals surface area (Å²) in [6, 6.07) is 0. The topological polar surface area (TPSA) is 57.3 Å². The largest absolute Gasteiger partial charge is 0.302 e. The predicted molar refractivity (Wildman–Crippen MR) is 63.7 cm³/mol. The highest BCUT2D eigenvalue weighted by Gasteiger charge is 2.20. The van der Waals surface area contributed by atoms with E-state index in [2.05, 4.69) is 4.90 Å². The minimum absolute atomic E-state index is 0.0137. The molecule has 0 bridgehead atoms. The second kappa shape index (κ2) is 6.57. The summed E-state index contributed by atoms with van der Waals surface area (Å²) in [5.74, 6) is 0.851. The molecule has 95 valence electrons. The maximum atomic E-state index is 11.1. The lowest BCUT2D eigenvalue weighted by Crippen LogP contribution is -2.38. The molecule has 0 aliphatic carbocycles. The molecule has 1 rings (SSSR count). The van der Waals surface area contributed by atoms with Crippen LogP contribution >= 0.6 is 0 Å². The van der Waals surface area contributed by atoms with Crippen LogP contribution < -0.4 is 0 Å². The zero-order valence-corrected chi connectivity index (χ0v) is 10.8. The highest BCUT2D eigenvalue weighted by molar-refractivity contribution is 7.90. The van der Waals surface area contributed by atoms with Crippen LogP contribution in [0, 0.1) is 5.92 Å². The van der Waals surface area contributed by atoms with Crippen molar-refractivity contribution in [3.63, 3.8) is 0 Å². The van der Waals surface area contributed by atoms with Gasteiger partial charge in [0.2, 0.25) is 0 Å². The van der Waals surface area contributed by atoms with Crippen molar-refractivity contribution < 1.29 is 13.5 Å². The van der Waals surface area contributed by atoms with E-state index in [1.54, 1.807) is 0 Å². The molecule has 0 N–H and O–H groups in total. The molecule has 0 amide bonds. The van der Waals surface area contributed by atoms with E-state index in [0.717, 1.165) is 32.4 Å². The normalized spacial score (nSPS) is 23.5. The summed E-state index contributed by atoms with van der Waals surface area (Å²) in [7, 11) is -2.85. The summed E-state index contributed by atoms with van der Waals surface area (Å²) in [6.07, 6.45) is 5.36. The molecule has 0 saturated carbocycles. The van der Waals surface area contributed by atoms with E-state index in [4.69, 9.17) is 0 Å². The summed E-state index contributed by atoms with van der Waals surface area (Å²) >= 11 is 0. The Morgan fingerprint density at radius 2 is 2.12 bits per heavy atom. The van der Waals surface area contributed by atoms with Gasteiger partial charge in [-0.05, 0) is 38.1 Å². The molecule has 1 atom stereocenters. The highest BCUT2D eigenvalue weighted by Crippen LogP contribution is 2.20. The molecule has 0 spiro atoms. The molecule has 1 aliphatic heterocycles. The number of nitrogens with zero attached hydrogens (tertiary/aromatic N) is 1. The van der Waals surface area contributed by atoms with Crippen molar-refractivity contribution in [2.24, 2.45) is 5.92 Å².